The zero-order valence-corrected chi connectivity index (χ0v) is 14.0. The molecule has 0 spiro atoms. The van der Waals surface area contributed by atoms with Crippen LogP contribution in [-0.2, 0) is 4.74 Å². The van der Waals surface area contributed by atoms with E-state index in [1.54, 1.807) is 0 Å². The number of nitrogens with one attached hydrogen (secondary N) is 1. The first-order valence-electron chi connectivity index (χ1n) is 9.00. The van der Waals surface area contributed by atoms with Gasteiger partial charge in [-0.05, 0) is 62.8 Å². The molecular formula is C18H35NO. The lowest BCUT2D eigenvalue weighted by molar-refractivity contribution is -0.0852. The topological polar surface area (TPSA) is 21.3 Å². The molecule has 0 amide bonds. The average molecular weight is 281 g/mol. The summed E-state index contributed by atoms with van der Waals surface area (Å²) in [7, 11) is 0. The average Bonchev–Trinajstić information content (AvgIpc) is 2.83. The Hall–Kier alpha value is -0.0800. The third-order valence-electron chi connectivity index (χ3n) is 5.42. The Balaban J connectivity index is 1.91. The maximum Gasteiger partial charge on any atom is 0.0731 e. The van der Waals surface area contributed by atoms with E-state index in [0.717, 1.165) is 24.3 Å². The molecule has 2 rings (SSSR count). The largest absolute Gasteiger partial charge is 0.373 e. The Bertz CT molecular complexity index is 279. The van der Waals surface area contributed by atoms with Gasteiger partial charge in [0.05, 0.1) is 12.2 Å². The highest BCUT2D eigenvalue weighted by molar-refractivity contribution is 4.88. The van der Waals surface area contributed by atoms with E-state index in [9.17, 15) is 0 Å². The van der Waals surface area contributed by atoms with Crippen molar-refractivity contribution in [3.63, 3.8) is 0 Å². The Morgan fingerprint density at radius 3 is 2.60 bits per heavy atom. The molecule has 2 aliphatic rings. The summed E-state index contributed by atoms with van der Waals surface area (Å²) >= 11 is 0. The monoisotopic (exact) mass is 281 g/mol. The second-order valence-electron chi connectivity index (χ2n) is 7.53. The predicted octanol–water partition coefficient (Wildman–Crippen LogP) is 4.38. The van der Waals surface area contributed by atoms with E-state index < -0.39 is 0 Å². The molecule has 0 bridgehead atoms. The lowest BCUT2D eigenvalue weighted by Gasteiger charge is -2.39. The second-order valence-corrected chi connectivity index (χ2v) is 7.53. The summed E-state index contributed by atoms with van der Waals surface area (Å²) in [6.45, 7) is 10.5. The minimum atomic E-state index is 0.470. The molecule has 5 atom stereocenters. The summed E-state index contributed by atoms with van der Waals surface area (Å²) in [4.78, 5) is 0. The minimum absolute atomic E-state index is 0.470. The van der Waals surface area contributed by atoms with Gasteiger partial charge in [0.1, 0.15) is 0 Å². The van der Waals surface area contributed by atoms with E-state index in [1.165, 1.54) is 44.9 Å². The van der Waals surface area contributed by atoms with Crippen LogP contribution < -0.4 is 5.32 Å². The molecule has 2 nitrogen and oxygen atoms in total. The summed E-state index contributed by atoms with van der Waals surface area (Å²) in [5, 5.41) is 3.70. The van der Waals surface area contributed by atoms with Gasteiger partial charge in [0, 0.05) is 6.04 Å². The van der Waals surface area contributed by atoms with Crippen LogP contribution in [0.1, 0.15) is 72.6 Å². The van der Waals surface area contributed by atoms with Gasteiger partial charge in [-0.2, -0.15) is 0 Å². The standard InChI is InChI=1S/C18H35NO/c1-5-11-19-16-7-6-8-17(16)20-18-12-14(4)9-10-15(18)13(2)3/h13-19H,5-12H2,1-4H3. The molecule has 0 radical (unpaired) electrons. The van der Waals surface area contributed by atoms with Crippen molar-refractivity contribution in [2.45, 2.75) is 90.9 Å². The van der Waals surface area contributed by atoms with Gasteiger partial charge in [0.15, 0.2) is 0 Å². The van der Waals surface area contributed by atoms with Crippen molar-refractivity contribution in [2.24, 2.45) is 17.8 Å². The highest BCUT2D eigenvalue weighted by atomic mass is 16.5. The molecule has 0 aromatic carbocycles. The van der Waals surface area contributed by atoms with E-state index in [4.69, 9.17) is 4.74 Å². The van der Waals surface area contributed by atoms with E-state index >= 15 is 0 Å². The van der Waals surface area contributed by atoms with Crippen molar-refractivity contribution in [3.8, 4) is 0 Å². The first-order valence-corrected chi connectivity index (χ1v) is 9.00. The van der Waals surface area contributed by atoms with Crippen molar-refractivity contribution in [2.75, 3.05) is 6.54 Å². The molecular weight excluding hydrogens is 246 g/mol. The smallest absolute Gasteiger partial charge is 0.0731 e. The van der Waals surface area contributed by atoms with Crippen LogP contribution in [0.3, 0.4) is 0 Å². The van der Waals surface area contributed by atoms with Crippen LogP contribution in [0.4, 0.5) is 0 Å². The highest BCUT2D eigenvalue weighted by Gasteiger charge is 2.36. The molecule has 2 heteroatoms. The fourth-order valence-corrected chi connectivity index (χ4v) is 4.15. The number of hydrogen-bond acceptors (Lipinski definition) is 2. The quantitative estimate of drug-likeness (QED) is 0.780. The SMILES string of the molecule is CCCNC1CCCC1OC1CC(C)CCC1C(C)C. The predicted molar refractivity (Wildman–Crippen MR) is 85.9 cm³/mol. The third-order valence-corrected chi connectivity index (χ3v) is 5.42. The van der Waals surface area contributed by atoms with E-state index in [2.05, 4.69) is 33.0 Å². The van der Waals surface area contributed by atoms with Crippen molar-refractivity contribution in [1.82, 2.24) is 5.32 Å². The summed E-state index contributed by atoms with van der Waals surface area (Å²) in [5.41, 5.74) is 0. The Morgan fingerprint density at radius 2 is 1.90 bits per heavy atom. The van der Waals surface area contributed by atoms with Gasteiger partial charge < -0.3 is 10.1 Å². The molecule has 5 unspecified atom stereocenters. The van der Waals surface area contributed by atoms with Crippen LogP contribution in [-0.4, -0.2) is 24.8 Å². The van der Waals surface area contributed by atoms with Crippen LogP contribution in [0.5, 0.6) is 0 Å². The molecule has 118 valence electrons. The molecule has 0 heterocycles. The van der Waals surface area contributed by atoms with Gasteiger partial charge in [0.2, 0.25) is 0 Å². The second kappa shape index (κ2) is 7.79. The van der Waals surface area contributed by atoms with Crippen molar-refractivity contribution in [3.05, 3.63) is 0 Å². The molecule has 0 aliphatic heterocycles. The number of rotatable bonds is 6. The maximum absolute atomic E-state index is 6.64. The lowest BCUT2D eigenvalue weighted by Crippen LogP contribution is -2.43. The Labute approximate surface area is 126 Å². The Morgan fingerprint density at radius 1 is 1.10 bits per heavy atom. The summed E-state index contributed by atoms with van der Waals surface area (Å²) in [6.07, 6.45) is 10.1. The van der Waals surface area contributed by atoms with Gasteiger partial charge in [-0.1, -0.05) is 34.1 Å². The molecule has 0 saturated heterocycles. The Kier molecular flexibility index (Phi) is 6.35. The first-order chi connectivity index (χ1) is 9.61. The van der Waals surface area contributed by atoms with E-state index in [0.29, 0.717) is 18.2 Å². The summed E-state index contributed by atoms with van der Waals surface area (Å²) in [6, 6.07) is 0.611. The first kappa shape index (κ1) is 16.3. The zero-order valence-electron chi connectivity index (χ0n) is 14.0. The van der Waals surface area contributed by atoms with Crippen LogP contribution >= 0.6 is 0 Å². The van der Waals surface area contributed by atoms with E-state index in [-0.39, 0.29) is 0 Å². The van der Waals surface area contributed by atoms with Gasteiger partial charge >= 0.3 is 0 Å². The van der Waals surface area contributed by atoms with Gasteiger partial charge in [-0.25, -0.2) is 0 Å². The van der Waals surface area contributed by atoms with Crippen molar-refractivity contribution in [1.29, 1.82) is 0 Å². The van der Waals surface area contributed by atoms with Gasteiger partial charge in [-0.15, -0.1) is 0 Å². The molecule has 2 fully saturated rings. The van der Waals surface area contributed by atoms with Crippen LogP contribution in [0.15, 0.2) is 0 Å². The molecule has 0 aromatic rings. The number of hydrogen-bond donors (Lipinski definition) is 1. The number of ether oxygens (including phenoxy) is 1. The van der Waals surface area contributed by atoms with Gasteiger partial charge in [0.25, 0.3) is 0 Å². The van der Waals surface area contributed by atoms with Crippen LogP contribution in [0.2, 0.25) is 0 Å². The van der Waals surface area contributed by atoms with Gasteiger partial charge in [-0.3, -0.25) is 0 Å². The molecule has 0 aromatic heterocycles. The minimum Gasteiger partial charge on any atom is -0.373 e. The lowest BCUT2D eigenvalue weighted by atomic mass is 9.75. The molecule has 2 aliphatic carbocycles. The fourth-order valence-electron chi connectivity index (χ4n) is 4.15. The highest BCUT2D eigenvalue weighted by Crippen LogP contribution is 2.37. The summed E-state index contributed by atoms with van der Waals surface area (Å²) in [5.74, 6) is 2.38. The zero-order chi connectivity index (χ0) is 14.5. The fraction of sp³-hybridized carbons (Fsp3) is 1.00. The molecule has 1 N–H and O–H groups in total. The summed E-state index contributed by atoms with van der Waals surface area (Å²) < 4.78 is 6.64. The maximum atomic E-state index is 6.64. The van der Waals surface area contributed by atoms with E-state index in [1.807, 2.05) is 0 Å². The van der Waals surface area contributed by atoms with Crippen molar-refractivity contribution >= 4 is 0 Å². The molecule has 20 heavy (non-hydrogen) atoms. The normalized spacial score (nSPS) is 38.5. The molecule has 2 saturated carbocycles. The van der Waals surface area contributed by atoms with Crippen LogP contribution in [0, 0.1) is 17.8 Å². The third kappa shape index (κ3) is 4.21. The van der Waals surface area contributed by atoms with Crippen molar-refractivity contribution < 1.29 is 4.74 Å². The van der Waals surface area contributed by atoms with Crippen LogP contribution in [0.25, 0.3) is 0 Å².